The van der Waals surface area contributed by atoms with Crippen LogP contribution in [0.2, 0.25) is 0 Å². The van der Waals surface area contributed by atoms with Crippen LogP contribution in [0.15, 0.2) is 0 Å². The molecule has 0 aromatic heterocycles. The number of aliphatic carboxylic acids is 1. The number of likely N-dealkylation sites (N-methyl/N-ethyl adjacent to an activating group) is 1. The lowest BCUT2D eigenvalue weighted by molar-refractivity contribution is -0.143. The Morgan fingerprint density at radius 3 is 2.47 bits per heavy atom. The summed E-state index contributed by atoms with van der Waals surface area (Å²) in [6.07, 6.45) is 2.04. The number of unbranched alkanes of at least 4 members (excludes halogenated alkanes) is 1. The van der Waals surface area contributed by atoms with Crippen LogP contribution in [0, 0.1) is 0 Å². The van der Waals surface area contributed by atoms with Gasteiger partial charge >= 0.3 is 5.97 Å². The van der Waals surface area contributed by atoms with Crippen LogP contribution < -0.4 is 16.8 Å². The predicted molar refractivity (Wildman–Crippen MR) is 69.2 cm³/mol. The van der Waals surface area contributed by atoms with E-state index in [1.807, 2.05) is 0 Å². The zero-order chi connectivity index (χ0) is 14.8. The van der Waals surface area contributed by atoms with Gasteiger partial charge in [-0.15, -0.1) is 0 Å². The molecule has 6 N–H and O–H groups in total. The first kappa shape index (κ1) is 17.3. The fraction of sp³-hybridized carbons (Fsp3) is 0.727. The number of nitrogens with one attached hydrogen (secondary N) is 1. The van der Waals surface area contributed by atoms with E-state index < -0.39 is 30.4 Å². The summed E-state index contributed by atoms with van der Waals surface area (Å²) >= 11 is 0. The van der Waals surface area contributed by atoms with E-state index in [-0.39, 0.29) is 6.54 Å². The normalized spacial score (nSPS) is 11.7. The average molecular weight is 274 g/mol. The first-order valence-electron chi connectivity index (χ1n) is 6.07. The smallest absolute Gasteiger partial charge is 0.323 e. The van der Waals surface area contributed by atoms with E-state index in [0.717, 1.165) is 17.7 Å². The highest BCUT2D eigenvalue weighted by molar-refractivity contribution is 5.88. The second kappa shape index (κ2) is 9.29. The number of carbonyl (C=O) groups is 3. The number of hydrogen-bond donors (Lipinski definition) is 4. The molecule has 0 radical (unpaired) electrons. The Morgan fingerprint density at radius 1 is 1.32 bits per heavy atom. The van der Waals surface area contributed by atoms with Crippen LogP contribution in [0.1, 0.15) is 19.3 Å². The molecular weight excluding hydrogens is 252 g/mol. The van der Waals surface area contributed by atoms with E-state index >= 15 is 0 Å². The van der Waals surface area contributed by atoms with Gasteiger partial charge in [-0.25, -0.2) is 0 Å². The average Bonchev–Trinajstić information content (AvgIpc) is 2.34. The van der Waals surface area contributed by atoms with Crippen molar-refractivity contribution in [2.45, 2.75) is 25.3 Å². The first-order chi connectivity index (χ1) is 8.88. The van der Waals surface area contributed by atoms with Crippen molar-refractivity contribution in [1.82, 2.24) is 10.2 Å². The number of rotatable bonds is 9. The van der Waals surface area contributed by atoms with Gasteiger partial charge in [0.05, 0.1) is 12.6 Å². The zero-order valence-electron chi connectivity index (χ0n) is 11.1. The summed E-state index contributed by atoms with van der Waals surface area (Å²) in [5.74, 6) is -2.01. The SMILES string of the molecule is CN(CC(=O)O)C(=O)CNC(=O)[C@@H](N)CCCCN. The van der Waals surface area contributed by atoms with E-state index in [0.29, 0.717) is 13.0 Å². The maximum Gasteiger partial charge on any atom is 0.323 e. The van der Waals surface area contributed by atoms with Crippen molar-refractivity contribution < 1.29 is 19.5 Å². The van der Waals surface area contributed by atoms with Gasteiger partial charge in [-0.2, -0.15) is 0 Å². The zero-order valence-corrected chi connectivity index (χ0v) is 11.1. The molecule has 0 saturated heterocycles. The summed E-state index contributed by atoms with van der Waals surface area (Å²) in [4.78, 5) is 34.4. The van der Waals surface area contributed by atoms with Crippen LogP contribution >= 0.6 is 0 Å². The molecule has 8 heteroatoms. The molecule has 0 aromatic carbocycles. The topological polar surface area (TPSA) is 139 Å². The van der Waals surface area contributed by atoms with Gasteiger partial charge in [0.25, 0.3) is 0 Å². The Morgan fingerprint density at radius 2 is 1.95 bits per heavy atom. The van der Waals surface area contributed by atoms with Gasteiger partial charge in [0.1, 0.15) is 6.54 Å². The van der Waals surface area contributed by atoms with Gasteiger partial charge in [0.15, 0.2) is 0 Å². The molecule has 19 heavy (non-hydrogen) atoms. The fourth-order valence-electron chi connectivity index (χ4n) is 1.36. The summed E-state index contributed by atoms with van der Waals surface area (Å²) < 4.78 is 0. The van der Waals surface area contributed by atoms with Gasteiger partial charge in [0, 0.05) is 7.05 Å². The third kappa shape index (κ3) is 8.11. The van der Waals surface area contributed by atoms with Crippen molar-refractivity contribution >= 4 is 17.8 Å². The Bertz CT molecular complexity index is 322. The van der Waals surface area contributed by atoms with Crippen molar-refractivity contribution in [3.63, 3.8) is 0 Å². The number of hydrogen-bond acceptors (Lipinski definition) is 5. The molecule has 8 nitrogen and oxygen atoms in total. The molecular formula is C11H22N4O4. The van der Waals surface area contributed by atoms with Crippen LogP contribution in [0.3, 0.4) is 0 Å². The number of nitrogens with two attached hydrogens (primary N) is 2. The molecule has 0 aliphatic heterocycles. The molecule has 0 bridgehead atoms. The molecule has 0 aliphatic carbocycles. The fourth-order valence-corrected chi connectivity index (χ4v) is 1.36. The van der Waals surface area contributed by atoms with Crippen LogP contribution in [-0.4, -0.2) is 60.5 Å². The Balaban J connectivity index is 3.94. The van der Waals surface area contributed by atoms with Crippen molar-refractivity contribution in [3.8, 4) is 0 Å². The van der Waals surface area contributed by atoms with E-state index in [1.54, 1.807) is 0 Å². The number of carbonyl (C=O) groups excluding carboxylic acids is 2. The second-order valence-electron chi connectivity index (χ2n) is 4.25. The van der Waals surface area contributed by atoms with Crippen molar-refractivity contribution in [1.29, 1.82) is 0 Å². The Hall–Kier alpha value is -1.67. The third-order valence-electron chi connectivity index (χ3n) is 2.52. The summed E-state index contributed by atoms with van der Waals surface area (Å²) in [7, 11) is 1.35. The highest BCUT2D eigenvalue weighted by Crippen LogP contribution is 1.97. The minimum atomic E-state index is -1.11. The quantitative estimate of drug-likeness (QED) is 0.362. The third-order valence-corrected chi connectivity index (χ3v) is 2.52. The van der Waals surface area contributed by atoms with Crippen molar-refractivity contribution in [2.24, 2.45) is 11.5 Å². The van der Waals surface area contributed by atoms with Crippen molar-refractivity contribution in [2.75, 3.05) is 26.7 Å². The molecule has 0 saturated carbocycles. The number of carboxylic acid groups (broad SMARTS) is 1. The Kier molecular flexibility index (Phi) is 8.47. The summed E-state index contributed by atoms with van der Waals surface area (Å²) in [5.41, 5.74) is 11.0. The maximum absolute atomic E-state index is 11.5. The Labute approximate surface area is 112 Å². The second-order valence-corrected chi connectivity index (χ2v) is 4.25. The summed E-state index contributed by atoms with van der Waals surface area (Å²) in [5, 5.41) is 10.9. The lowest BCUT2D eigenvalue weighted by Gasteiger charge is -2.16. The lowest BCUT2D eigenvalue weighted by atomic mass is 10.1. The van der Waals surface area contributed by atoms with Gasteiger partial charge in [-0.3, -0.25) is 14.4 Å². The van der Waals surface area contributed by atoms with Gasteiger partial charge in [-0.05, 0) is 19.4 Å². The highest BCUT2D eigenvalue weighted by Gasteiger charge is 2.16. The number of carboxylic acids is 1. The van der Waals surface area contributed by atoms with E-state index in [2.05, 4.69) is 5.32 Å². The maximum atomic E-state index is 11.5. The molecule has 0 spiro atoms. The standard InChI is InChI=1S/C11H22N4O4/c1-15(7-10(17)18)9(16)6-14-11(19)8(13)4-2-3-5-12/h8H,2-7,12-13H2,1H3,(H,14,19)(H,17,18)/t8-/m0/s1. The number of nitrogens with zero attached hydrogens (tertiary/aromatic N) is 1. The van der Waals surface area contributed by atoms with Gasteiger partial charge < -0.3 is 26.8 Å². The van der Waals surface area contributed by atoms with Crippen molar-refractivity contribution in [3.05, 3.63) is 0 Å². The molecule has 0 aliphatic rings. The molecule has 0 rings (SSSR count). The van der Waals surface area contributed by atoms with E-state index in [4.69, 9.17) is 16.6 Å². The minimum absolute atomic E-state index is 0.257. The van der Waals surface area contributed by atoms with E-state index in [1.165, 1.54) is 7.05 Å². The van der Waals surface area contributed by atoms with Crippen LogP contribution in [0.5, 0.6) is 0 Å². The molecule has 0 fully saturated rings. The summed E-state index contributed by atoms with van der Waals surface area (Å²) in [6.45, 7) is -0.114. The highest BCUT2D eigenvalue weighted by atomic mass is 16.4. The molecule has 2 amide bonds. The van der Waals surface area contributed by atoms with E-state index in [9.17, 15) is 14.4 Å². The minimum Gasteiger partial charge on any atom is -0.480 e. The molecule has 0 heterocycles. The predicted octanol–water partition coefficient (Wildman–Crippen LogP) is -1.90. The van der Waals surface area contributed by atoms with Crippen LogP contribution in [0.25, 0.3) is 0 Å². The van der Waals surface area contributed by atoms with Gasteiger partial charge in [-0.1, -0.05) is 6.42 Å². The lowest BCUT2D eigenvalue weighted by Crippen LogP contribution is -2.46. The number of amides is 2. The summed E-state index contributed by atoms with van der Waals surface area (Å²) in [6, 6.07) is -0.677. The molecule has 0 unspecified atom stereocenters. The largest absolute Gasteiger partial charge is 0.480 e. The molecule has 110 valence electrons. The van der Waals surface area contributed by atoms with Crippen LogP contribution in [-0.2, 0) is 14.4 Å². The molecule has 0 aromatic rings. The van der Waals surface area contributed by atoms with Crippen LogP contribution in [0.4, 0.5) is 0 Å². The van der Waals surface area contributed by atoms with Gasteiger partial charge in [0.2, 0.25) is 11.8 Å². The molecule has 1 atom stereocenters. The first-order valence-corrected chi connectivity index (χ1v) is 6.07. The monoisotopic (exact) mass is 274 g/mol.